The Hall–Kier alpha value is -1.91. The Labute approximate surface area is 125 Å². The predicted octanol–water partition coefficient (Wildman–Crippen LogP) is 2.54. The number of halogens is 1. The summed E-state index contributed by atoms with van der Waals surface area (Å²) in [6.45, 7) is 1.59. The van der Waals surface area contributed by atoms with E-state index < -0.39 is 0 Å². The molecule has 0 fully saturated rings. The average Bonchev–Trinajstić information content (AvgIpc) is 2.50. The van der Waals surface area contributed by atoms with Crippen molar-refractivity contribution in [2.75, 3.05) is 25.1 Å². The molecule has 0 aliphatic rings. The van der Waals surface area contributed by atoms with Gasteiger partial charge in [0, 0.05) is 30.9 Å². The fraction of sp³-hybridized carbons (Fsp3) is 0.294. The molecule has 0 radical (unpaired) electrons. The lowest BCUT2D eigenvalue weighted by atomic mass is 10.1. The molecule has 3 nitrogen and oxygen atoms in total. The van der Waals surface area contributed by atoms with Crippen molar-refractivity contribution < 1.29 is 9.50 Å². The molecule has 2 aromatic carbocycles. The summed E-state index contributed by atoms with van der Waals surface area (Å²) in [5.41, 5.74) is 2.58. The van der Waals surface area contributed by atoms with E-state index in [2.05, 4.69) is 5.32 Å². The van der Waals surface area contributed by atoms with E-state index in [9.17, 15) is 9.50 Å². The molecule has 0 amide bonds. The molecule has 0 unspecified atom stereocenters. The van der Waals surface area contributed by atoms with Crippen molar-refractivity contribution in [3.63, 3.8) is 0 Å². The second kappa shape index (κ2) is 7.76. The Morgan fingerprint density at radius 1 is 1.10 bits per heavy atom. The number of hydrogen-bond donors (Lipinski definition) is 2. The summed E-state index contributed by atoms with van der Waals surface area (Å²) in [5, 5.41) is 12.3. The minimum Gasteiger partial charge on any atom is -0.395 e. The number of nitrogens with zero attached hydrogens (tertiary/aromatic N) is 1. The van der Waals surface area contributed by atoms with Gasteiger partial charge in [-0.25, -0.2) is 4.39 Å². The van der Waals surface area contributed by atoms with Gasteiger partial charge in [0.1, 0.15) is 5.82 Å². The third kappa shape index (κ3) is 4.03. The van der Waals surface area contributed by atoms with Crippen molar-refractivity contribution >= 4 is 5.69 Å². The van der Waals surface area contributed by atoms with Crippen LogP contribution in [0.15, 0.2) is 48.5 Å². The van der Waals surface area contributed by atoms with Crippen molar-refractivity contribution in [3.8, 4) is 0 Å². The molecular formula is C17H21FN2O. The van der Waals surface area contributed by atoms with Crippen LogP contribution in [0.5, 0.6) is 0 Å². The summed E-state index contributed by atoms with van der Waals surface area (Å²) >= 11 is 0. The molecule has 0 heterocycles. The van der Waals surface area contributed by atoms with Gasteiger partial charge in [0.05, 0.1) is 6.61 Å². The summed E-state index contributed by atoms with van der Waals surface area (Å²) in [5.74, 6) is -0.224. The van der Waals surface area contributed by atoms with Gasteiger partial charge in [-0.3, -0.25) is 0 Å². The predicted molar refractivity (Wildman–Crippen MR) is 83.7 cm³/mol. The van der Waals surface area contributed by atoms with Crippen molar-refractivity contribution in [2.24, 2.45) is 0 Å². The minimum atomic E-state index is -0.224. The van der Waals surface area contributed by atoms with Crippen LogP contribution in [0.3, 0.4) is 0 Å². The largest absolute Gasteiger partial charge is 0.395 e. The third-order valence-corrected chi connectivity index (χ3v) is 3.37. The van der Waals surface area contributed by atoms with Crippen LogP contribution in [-0.2, 0) is 13.1 Å². The number of benzene rings is 2. The van der Waals surface area contributed by atoms with Crippen LogP contribution < -0.4 is 10.2 Å². The summed E-state index contributed by atoms with van der Waals surface area (Å²) in [4.78, 5) is 2.01. The number of aliphatic hydroxyl groups excluding tert-OH is 1. The van der Waals surface area contributed by atoms with Gasteiger partial charge in [0.2, 0.25) is 0 Å². The molecule has 0 atom stereocenters. The molecule has 0 aliphatic carbocycles. The molecule has 112 valence electrons. The van der Waals surface area contributed by atoms with Crippen molar-refractivity contribution in [1.82, 2.24) is 5.32 Å². The van der Waals surface area contributed by atoms with Crippen molar-refractivity contribution in [1.29, 1.82) is 0 Å². The van der Waals surface area contributed by atoms with Crippen LogP contribution in [-0.4, -0.2) is 25.3 Å². The molecule has 2 N–H and O–H groups in total. The molecule has 0 saturated carbocycles. The molecule has 21 heavy (non-hydrogen) atoms. The topological polar surface area (TPSA) is 35.5 Å². The normalized spacial score (nSPS) is 10.6. The minimum absolute atomic E-state index is 0.0301. The molecule has 0 aromatic heterocycles. The smallest absolute Gasteiger partial charge is 0.129 e. The van der Waals surface area contributed by atoms with E-state index in [1.54, 1.807) is 13.1 Å². The van der Waals surface area contributed by atoms with Gasteiger partial charge in [0.15, 0.2) is 0 Å². The van der Waals surface area contributed by atoms with Crippen molar-refractivity contribution in [2.45, 2.75) is 13.1 Å². The van der Waals surface area contributed by atoms with Crippen LogP contribution in [0, 0.1) is 5.82 Å². The molecule has 4 heteroatoms. The summed E-state index contributed by atoms with van der Waals surface area (Å²) < 4.78 is 14.0. The Balaban J connectivity index is 2.31. The summed E-state index contributed by atoms with van der Waals surface area (Å²) in [6.07, 6.45) is 0. The highest BCUT2D eigenvalue weighted by molar-refractivity contribution is 5.54. The Bertz CT molecular complexity index is 560. The van der Waals surface area contributed by atoms with E-state index in [4.69, 9.17) is 0 Å². The number of aliphatic hydroxyl groups is 1. The second-order valence-corrected chi connectivity index (χ2v) is 4.90. The first-order valence-corrected chi connectivity index (χ1v) is 7.08. The lowest BCUT2D eigenvalue weighted by Crippen LogP contribution is -2.28. The maximum Gasteiger partial charge on any atom is 0.129 e. The van der Waals surface area contributed by atoms with Gasteiger partial charge in [-0.15, -0.1) is 0 Å². The fourth-order valence-electron chi connectivity index (χ4n) is 2.40. The SMILES string of the molecule is CNCc1c(F)cccc1N(CCO)Cc1ccccc1. The number of hydrogen-bond acceptors (Lipinski definition) is 3. The van der Waals surface area contributed by atoms with Crippen LogP contribution in [0.2, 0.25) is 0 Å². The molecule has 0 saturated heterocycles. The molecular weight excluding hydrogens is 267 g/mol. The van der Waals surface area contributed by atoms with E-state index in [-0.39, 0.29) is 12.4 Å². The average molecular weight is 288 g/mol. The number of rotatable bonds is 7. The van der Waals surface area contributed by atoms with Crippen LogP contribution in [0.4, 0.5) is 10.1 Å². The summed E-state index contributed by atoms with van der Waals surface area (Å²) in [6, 6.07) is 15.1. The van der Waals surface area contributed by atoms with E-state index >= 15 is 0 Å². The first-order chi connectivity index (χ1) is 10.3. The van der Waals surface area contributed by atoms with E-state index in [1.807, 2.05) is 41.3 Å². The van der Waals surface area contributed by atoms with Gasteiger partial charge < -0.3 is 15.3 Å². The van der Waals surface area contributed by atoms with Crippen LogP contribution in [0.1, 0.15) is 11.1 Å². The number of anilines is 1. The molecule has 0 aliphatic heterocycles. The highest BCUT2D eigenvalue weighted by atomic mass is 19.1. The molecule has 2 rings (SSSR count). The van der Waals surface area contributed by atoms with Gasteiger partial charge in [0.25, 0.3) is 0 Å². The Kier molecular flexibility index (Phi) is 5.72. The van der Waals surface area contributed by atoms with E-state index in [1.165, 1.54) is 6.07 Å². The van der Waals surface area contributed by atoms with Gasteiger partial charge in [-0.2, -0.15) is 0 Å². The Morgan fingerprint density at radius 3 is 2.52 bits per heavy atom. The molecule has 0 spiro atoms. The standard InChI is InChI=1S/C17H21FN2O/c1-19-12-15-16(18)8-5-9-17(15)20(10-11-21)13-14-6-3-2-4-7-14/h2-9,19,21H,10-13H2,1H3. The zero-order valence-electron chi connectivity index (χ0n) is 12.2. The van der Waals surface area contributed by atoms with Gasteiger partial charge >= 0.3 is 0 Å². The highest BCUT2D eigenvalue weighted by Crippen LogP contribution is 2.24. The third-order valence-electron chi connectivity index (χ3n) is 3.37. The lowest BCUT2D eigenvalue weighted by Gasteiger charge is -2.27. The zero-order chi connectivity index (χ0) is 15.1. The van der Waals surface area contributed by atoms with Crippen LogP contribution in [0.25, 0.3) is 0 Å². The lowest BCUT2D eigenvalue weighted by molar-refractivity contribution is 0.301. The maximum atomic E-state index is 14.0. The van der Waals surface area contributed by atoms with E-state index in [0.717, 1.165) is 11.3 Å². The molecule has 0 bridgehead atoms. The van der Waals surface area contributed by atoms with Gasteiger partial charge in [-0.05, 0) is 24.7 Å². The van der Waals surface area contributed by atoms with Gasteiger partial charge in [-0.1, -0.05) is 36.4 Å². The number of nitrogens with one attached hydrogen (secondary N) is 1. The molecule has 2 aromatic rings. The highest BCUT2D eigenvalue weighted by Gasteiger charge is 2.14. The second-order valence-electron chi connectivity index (χ2n) is 4.90. The zero-order valence-corrected chi connectivity index (χ0v) is 12.2. The van der Waals surface area contributed by atoms with Crippen LogP contribution >= 0.6 is 0 Å². The first-order valence-electron chi connectivity index (χ1n) is 7.08. The fourth-order valence-corrected chi connectivity index (χ4v) is 2.40. The quantitative estimate of drug-likeness (QED) is 0.822. The first kappa shape index (κ1) is 15.5. The van der Waals surface area contributed by atoms with Crippen molar-refractivity contribution in [3.05, 3.63) is 65.5 Å². The monoisotopic (exact) mass is 288 g/mol. The summed E-state index contributed by atoms with van der Waals surface area (Å²) in [7, 11) is 1.80. The Morgan fingerprint density at radius 2 is 1.86 bits per heavy atom. The van der Waals surface area contributed by atoms with E-state index in [0.29, 0.717) is 25.2 Å². The maximum absolute atomic E-state index is 14.0.